The lowest BCUT2D eigenvalue weighted by Gasteiger charge is -2.31. The van der Waals surface area contributed by atoms with Crippen LogP contribution in [-0.4, -0.2) is 113 Å². The fraction of sp³-hybridized carbons (Fsp3) is 0.367. The van der Waals surface area contributed by atoms with Crippen molar-refractivity contribution < 1.29 is 51.4 Å². The van der Waals surface area contributed by atoms with Gasteiger partial charge in [0.05, 0.1) is 54.9 Å². The largest absolute Gasteiger partial charge is 0.495 e. The number of pyridine rings is 2. The van der Waals surface area contributed by atoms with Crippen molar-refractivity contribution in [3.63, 3.8) is 0 Å². The molecule has 2 aromatic carbocycles. The topological polar surface area (TPSA) is 245 Å². The molecule has 3 aromatic heterocycles. The van der Waals surface area contributed by atoms with E-state index in [2.05, 4.69) is 31.2 Å². The fourth-order valence-electron chi connectivity index (χ4n) is 8.90. The van der Waals surface area contributed by atoms with E-state index in [1.54, 1.807) is 35.4 Å². The van der Waals surface area contributed by atoms with Gasteiger partial charge in [0.1, 0.15) is 23.1 Å². The number of benzene rings is 2. The monoisotopic (exact) mass is 979 g/mol. The Morgan fingerprint density at radius 2 is 1.70 bits per heavy atom. The number of urea groups is 1. The maximum Gasteiger partial charge on any atom is 0.416 e. The van der Waals surface area contributed by atoms with E-state index in [-0.39, 0.29) is 105 Å². The summed E-state index contributed by atoms with van der Waals surface area (Å²) in [5, 5.41) is 16.3. The van der Waals surface area contributed by atoms with E-state index in [0.717, 1.165) is 48.7 Å². The molecule has 5 heterocycles. The van der Waals surface area contributed by atoms with Gasteiger partial charge in [-0.25, -0.2) is 14.8 Å². The van der Waals surface area contributed by atoms with Crippen LogP contribution in [-0.2, 0) is 25.3 Å². The number of imide groups is 1. The predicted octanol–water partition coefficient (Wildman–Crippen LogP) is 5.87. The average Bonchev–Trinajstić information content (AvgIpc) is 3.77. The normalized spacial score (nSPS) is 18.2. The van der Waals surface area contributed by atoms with Gasteiger partial charge in [-0.3, -0.25) is 38.9 Å². The second-order valence-corrected chi connectivity index (χ2v) is 17.2. The zero-order valence-corrected chi connectivity index (χ0v) is 38.7. The molecule has 19 nitrogen and oxygen atoms in total. The van der Waals surface area contributed by atoms with Crippen LogP contribution in [0.3, 0.4) is 0 Å². The third kappa shape index (κ3) is 11.8. The molecule has 1 saturated heterocycles. The van der Waals surface area contributed by atoms with Crippen LogP contribution in [0.4, 0.5) is 35.3 Å². The van der Waals surface area contributed by atoms with Crippen molar-refractivity contribution in [2.24, 2.45) is 0 Å². The number of carbonyl (C=O) groups excluding carboxylic acids is 6. The Hall–Kier alpha value is -7.88. The molecule has 2 atom stereocenters. The van der Waals surface area contributed by atoms with E-state index in [4.69, 9.17) is 20.3 Å². The van der Waals surface area contributed by atoms with Gasteiger partial charge < -0.3 is 36.1 Å². The lowest BCUT2D eigenvalue weighted by Crippen LogP contribution is -2.49. The molecule has 2 aliphatic heterocycles. The van der Waals surface area contributed by atoms with Gasteiger partial charge in [-0.15, -0.1) is 0 Å². The number of anilines is 3. The summed E-state index contributed by atoms with van der Waals surface area (Å²) in [6.07, 6.45) is 5.47. The van der Waals surface area contributed by atoms with Gasteiger partial charge in [0.25, 0.3) is 11.8 Å². The third-order valence-corrected chi connectivity index (χ3v) is 12.5. The number of nitrogens with one attached hydrogen (secondary N) is 4. The molecule has 0 unspecified atom stereocenters. The van der Waals surface area contributed by atoms with Crippen LogP contribution in [0.2, 0.25) is 0 Å². The Balaban J connectivity index is 0.917. The molecule has 71 heavy (non-hydrogen) atoms. The number of nitrogens with two attached hydrogens (primary N) is 1. The Morgan fingerprint density at radius 1 is 0.915 bits per heavy atom. The van der Waals surface area contributed by atoms with Crippen molar-refractivity contribution in [3.8, 4) is 17.0 Å². The van der Waals surface area contributed by atoms with Crippen LogP contribution in [0.15, 0.2) is 73.1 Å². The SMILES string of the molecule is COc1ccc(C(=O)NCCOCCC(=O)N2CC/C=C/c3cnc(N)c4c(-c5ccc(C(=O)Nc6cc(C(F)(F)F)ccn6)cc5)nn(c34)[C@@H]3CCC[C@H](C3)NC(=O)CC2)cc1N1CCC(=O)NC1=O. The summed E-state index contributed by atoms with van der Waals surface area (Å²) in [7, 11) is 1.44. The molecule has 1 aliphatic carbocycles. The van der Waals surface area contributed by atoms with Gasteiger partial charge >= 0.3 is 12.2 Å². The number of hydrogen-bond acceptors (Lipinski definition) is 12. The fourth-order valence-corrected chi connectivity index (χ4v) is 8.90. The van der Waals surface area contributed by atoms with Crippen molar-refractivity contribution in [2.45, 2.75) is 69.6 Å². The van der Waals surface area contributed by atoms with Crippen LogP contribution < -0.4 is 36.6 Å². The van der Waals surface area contributed by atoms with Gasteiger partial charge in [-0.2, -0.15) is 18.3 Å². The number of halogens is 3. The minimum atomic E-state index is -4.60. The summed E-state index contributed by atoms with van der Waals surface area (Å²) in [6, 6.07) is 11.7. The van der Waals surface area contributed by atoms with Gasteiger partial charge in [-0.05, 0) is 74.6 Å². The highest BCUT2D eigenvalue weighted by atomic mass is 19.4. The first-order chi connectivity index (χ1) is 34.2. The van der Waals surface area contributed by atoms with Crippen LogP contribution in [0.5, 0.6) is 5.75 Å². The van der Waals surface area contributed by atoms with Crippen molar-refractivity contribution in [3.05, 3.63) is 95.3 Å². The number of aromatic nitrogens is 4. The highest BCUT2D eigenvalue weighted by molar-refractivity contribution is 6.08. The molecule has 0 spiro atoms. The summed E-state index contributed by atoms with van der Waals surface area (Å²) in [6.45, 7) is 0.958. The van der Waals surface area contributed by atoms with E-state index >= 15 is 0 Å². The molecule has 2 bridgehead atoms. The van der Waals surface area contributed by atoms with Crippen molar-refractivity contribution >= 4 is 69.9 Å². The number of rotatable bonds is 12. The summed E-state index contributed by atoms with van der Waals surface area (Å²) >= 11 is 0. The van der Waals surface area contributed by atoms with Crippen molar-refractivity contribution in [2.75, 3.05) is 62.5 Å². The molecule has 372 valence electrons. The Labute approximate surface area is 405 Å². The number of nitrogen functional groups attached to an aromatic ring is 1. The van der Waals surface area contributed by atoms with E-state index in [1.165, 1.54) is 30.2 Å². The van der Waals surface area contributed by atoms with E-state index in [9.17, 15) is 41.9 Å². The first-order valence-electron chi connectivity index (χ1n) is 23.2. The van der Waals surface area contributed by atoms with Crippen LogP contribution in [0.25, 0.3) is 28.2 Å². The van der Waals surface area contributed by atoms with E-state index < -0.39 is 29.6 Å². The first kappa shape index (κ1) is 49.5. The maximum atomic E-state index is 13.6. The number of fused-ring (bicyclic) bond motifs is 3. The molecular formula is C49H52F3N11O8. The summed E-state index contributed by atoms with van der Waals surface area (Å²) in [5.74, 6) is -1.51. The summed E-state index contributed by atoms with van der Waals surface area (Å²) in [5.41, 5.74) is 9.03. The van der Waals surface area contributed by atoms with Gasteiger partial charge in [0.2, 0.25) is 17.7 Å². The molecule has 0 radical (unpaired) electrons. The average molecular weight is 980 g/mol. The number of nitrogens with zero attached hydrogens (tertiary/aromatic N) is 6. The lowest BCUT2D eigenvalue weighted by molar-refractivity contribution is -0.137. The quantitative estimate of drug-likeness (QED) is 0.0922. The number of ether oxygens (including phenoxy) is 2. The predicted molar refractivity (Wildman–Crippen MR) is 255 cm³/mol. The van der Waals surface area contributed by atoms with Crippen molar-refractivity contribution in [1.82, 2.24) is 40.6 Å². The first-order valence-corrected chi connectivity index (χ1v) is 23.2. The van der Waals surface area contributed by atoms with E-state index in [1.807, 2.05) is 16.8 Å². The Morgan fingerprint density at radius 3 is 2.48 bits per heavy atom. The van der Waals surface area contributed by atoms with E-state index in [0.29, 0.717) is 47.5 Å². The van der Waals surface area contributed by atoms with Crippen LogP contribution >= 0.6 is 0 Å². The zero-order valence-electron chi connectivity index (χ0n) is 38.7. The molecule has 7 amide bonds. The second-order valence-electron chi connectivity index (χ2n) is 17.2. The minimum Gasteiger partial charge on any atom is -0.495 e. The molecule has 3 aliphatic rings. The number of hydrogen-bond donors (Lipinski definition) is 5. The zero-order chi connectivity index (χ0) is 50.2. The molecule has 6 N–H and O–H groups in total. The van der Waals surface area contributed by atoms with Gasteiger partial charge in [0, 0.05) is 79.7 Å². The molecule has 22 heteroatoms. The maximum absolute atomic E-state index is 13.6. The van der Waals surface area contributed by atoms with Crippen LogP contribution in [0, 0.1) is 0 Å². The van der Waals surface area contributed by atoms with Gasteiger partial charge in [0.15, 0.2) is 0 Å². The van der Waals surface area contributed by atoms with Crippen LogP contribution in [0.1, 0.15) is 89.3 Å². The third-order valence-electron chi connectivity index (χ3n) is 12.5. The number of alkyl halides is 3. The summed E-state index contributed by atoms with van der Waals surface area (Å²) < 4.78 is 52.9. The molecule has 5 aromatic rings. The summed E-state index contributed by atoms with van der Waals surface area (Å²) in [4.78, 5) is 88.6. The Bertz CT molecular complexity index is 2870. The number of amides is 7. The minimum absolute atomic E-state index is 0.0367. The molecule has 1 saturated carbocycles. The highest BCUT2D eigenvalue weighted by Gasteiger charge is 2.32. The second kappa shape index (κ2) is 21.8. The molecule has 2 fully saturated rings. The molecule has 8 rings (SSSR count). The number of methoxy groups -OCH3 is 1. The van der Waals surface area contributed by atoms with Gasteiger partial charge in [-0.1, -0.05) is 24.3 Å². The number of carbonyl (C=O) groups is 6. The molecular weight excluding hydrogens is 928 g/mol. The Kier molecular flexibility index (Phi) is 15.2. The lowest BCUT2D eigenvalue weighted by atomic mass is 9.90. The van der Waals surface area contributed by atoms with Crippen molar-refractivity contribution in [1.29, 1.82) is 0 Å². The highest BCUT2D eigenvalue weighted by Crippen LogP contribution is 2.39. The smallest absolute Gasteiger partial charge is 0.416 e. The standard InChI is InChI=1S/C49H52F3N11O8/c1-70-37-13-12-31(25-36(37)62-22-16-40(65)59-48(62)69)46(67)55-19-24-71-23-17-41(66)61-20-3-2-5-32-28-56-45(53)42-43(60-63(44(32)42)35-7-4-6-34(27-35)57-39(64)15-21-61)29-8-10-30(11-9-29)47(68)58-38-26-33(14-18-54-38)49(50,51)52/h2,5,8-14,18,25-26,28,34-35H,3-4,6-7,15-17,19-24,27H2,1H3,(H2,53,56)(H,55,67)(H,57,64)(H,54,58,68)(H,59,65,69)/b5-2+/t34-,35-/m1/s1.